The summed E-state index contributed by atoms with van der Waals surface area (Å²) >= 11 is 0. The molecule has 0 amide bonds. The number of aliphatic hydroxyl groups is 17. The van der Waals surface area contributed by atoms with Gasteiger partial charge in [0.05, 0.1) is 51.3 Å². The van der Waals surface area contributed by atoms with E-state index in [1.807, 2.05) is 6.92 Å². The van der Waals surface area contributed by atoms with E-state index in [4.69, 9.17) is 52.1 Å². The summed E-state index contributed by atoms with van der Waals surface area (Å²) < 4.78 is 67.0. The second kappa shape index (κ2) is 26.5. The maximum atomic E-state index is 12.5. The smallest absolute Gasteiger partial charge is 0.187 e. The van der Waals surface area contributed by atoms with Crippen LogP contribution in [0.15, 0.2) is 0 Å². The molecule has 4 saturated carbocycles. The van der Waals surface area contributed by atoms with Crippen molar-refractivity contribution in [2.75, 3.05) is 33.0 Å². The molecule has 10 rings (SSSR count). The third kappa shape index (κ3) is 12.4. The van der Waals surface area contributed by atoms with Crippen molar-refractivity contribution in [3.63, 3.8) is 0 Å². The summed E-state index contributed by atoms with van der Waals surface area (Å²) in [6, 6.07) is 0. The summed E-state index contributed by atoms with van der Waals surface area (Å²) in [5.41, 5.74) is -0.212. The van der Waals surface area contributed by atoms with E-state index in [9.17, 15) is 86.8 Å². The highest BCUT2D eigenvalue weighted by Gasteiger charge is 2.69. The van der Waals surface area contributed by atoms with Gasteiger partial charge in [0.1, 0.15) is 116 Å². The predicted octanol–water partition coefficient (Wildman–Crippen LogP) is -5.10. The van der Waals surface area contributed by atoms with Crippen molar-refractivity contribution in [2.24, 2.45) is 52.3 Å². The van der Waals surface area contributed by atoms with Crippen LogP contribution in [0.4, 0.5) is 0 Å². The SMILES string of the molecule is CC(CCC1(O)OC2CC3C4CCC5CC(OC6OC(COC7OC(CO)C(O)C(O)C7O)C(OC7OC(C)C(O)C(O)C7O)C(O)C6OC6OC(CO)C(O)C(O)C6O)CCC5(C)C4CCC3(C)C2C1C)COC1OC(CO)C(O)C(O)C1O. The minimum absolute atomic E-state index is 0.0999. The van der Waals surface area contributed by atoms with Crippen LogP contribution in [0.2, 0.25) is 0 Å². The summed E-state index contributed by atoms with van der Waals surface area (Å²) in [6.45, 7) is 7.51. The number of aliphatic hydroxyl groups excluding tert-OH is 16. The molecule has 6 saturated heterocycles. The first-order valence-corrected chi connectivity index (χ1v) is 30.7. The molecule has 0 bridgehead atoms. The molecule has 0 aromatic carbocycles. The third-order valence-electron chi connectivity index (χ3n) is 22.2. The number of hydrogen-bond acceptors (Lipinski definition) is 28. The second-order valence-corrected chi connectivity index (χ2v) is 27.1. The van der Waals surface area contributed by atoms with Gasteiger partial charge in [-0.3, -0.25) is 0 Å². The molecule has 0 radical (unpaired) electrons. The monoisotopic (exact) mass is 1230 g/mol. The zero-order chi connectivity index (χ0) is 61.5. The number of rotatable bonds is 18. The molecule has 10 aliphatic rings. The molecule has 10 fully saturated rings. The Morgan fingerprint density at radius 2 is 1.01 bits per heavy atom. The standard InChI is InChI=1S/C57H96O28/c1-21(19-75-50-43(69)40(66)36(62)30(16-58)79-50)8-13-57(74)22(2)34-29(85-57)15-28-26-7-6-24-14-25(9-11-55(24,4)27(26)10-12-56(28,34)5)78-54-49(84-53-46(72)42(68)38(64)32(18-60)81-53)47(73)48(83-52-45(71)39(65)35(61)23(3)77-52)33(82-54)20-76-51-44(70)41(67)37(63)31(17-59)80-51/h21-54,58-74H,6-20H2,1-5H3. The first-order valence-electron chi connectivity index (χ1n) is 30.7. The molecular weight excluding hydrogens is 1130 g/mol. The Balaban J connectivity index is 0.826. The van der Waals surface area contributed by atoms with Gasteiger partial charge in [0.15, 0.2) is 37.2 Å². The highest BCUT2D eigenvalue weighted by molar-refractivity contribution is 5.15. The first-order chi connectivity index (χ1) is 40.2. The van der Waals surface area contributed by atoms with Crippen LogP contribution in [-0.4, -0.2) is 291 Å². The minimum atomic E-state index is -1.95. The van der Waals surface area contributed by atoms with Crippen LogP contribution >= 0.6 is 0 Å². The van der Waals surface area contributed by atoms with Crippen LogP contribution in [0, 0.1) is 52.3 Å². The van der Waals surface area contributed by atoms with E-state index >= 15 is 0 Å². The Morgan fingerprint density at radius 3 is 1.61 bits per heavy atom. The van der Waals surface area contributed by atoms with Gasteiger partial charge >= 0.3 is 0 Å². The third-order valence-corrected chi connectivity index (χ3v) is 22.2. The molecule has 85 heavy (non-hydrogen) atoms. The van der Waals surface area contributed by atoms with Crippen molar-refractivity contribution in [1.82, 2.24) is 0 Å². The average molecular weight is 1230 g/mol. The molecule has 0 spiro atoms. The summed E-state index contributed by atoms with van der Waals surface area (Å²) in [4.78, 5) is 0. The van der Waals surface area contributed by atoms with Gasteiger partial charge in [0, 0.05) is 12.3 Å². The number of fused-ring (bicyclic) bond motifs is 7. The van der Waals surface area contributed by atoms with Crippen LogP contribution in [0.3, 0.4) is 0 Å². The van der Waals surface area contributed by atoms with Crippen LogP contribution in [0.5, 0.6) is 0 Å². The van der Waals surface area contributed by atoms with E-state index in [2.05, 4.69) is 20.8 Å². The molecule has 4 aliphatic carbocycles. The van der Waals surface area contributed by atoms with E-state index in [0.717, 1.165) is 38.5 Å². The lowest BCUT2D eigenvalue weighted by atomic mass is 9.44. The summed E-state index contributed by atoms with van der Waals surface area (Å²) in [5, 5.41) is 182. The van der Waals surface area contributed by atoms with Gasteiger partial charge in [-0.2, -0.15) is 0 Å². The molecule has 28 nitrogen and oxygen atoms in total. The lowest BCUT2D eigenvalue weighted by Gasteiger charge is -2.61. The van der Waals surface area contributed by atoms with E-state index in [1.165, 1.54) is 6.92 Å². The summed E-state index contributed by atoms with van der Waals surface area (Å²) in [5.74, 6) is -0.282. The lowest BCUT2D eigenvalue weighted by Crippen LogP contribution is -2.67. The predicted molar refractivity (Wildman–Crippen MR) is 283 cm³/mol. The zero-order valence-corrected chi connectivity index (χ0v) is 48.8. The molecule has 492 valence electrons. The van der Waals surface area contributed by atoms with Gasteiger partial charge < -0.3 is 139 Å². The average Bonchev–Trinajstić information content (AvgIpc) is 1.64. The van der Waals surface area contributed by atoms with E-state index in [-0.39, 0.29) is 47.2 Å². The highest BCUT2D eigenvalue weighted by atomic mass is 16.8. The van der Waals surface area contributed by atoms with Gasteiger partial charge in [-0.1, -0.05) is 27.7 Å². The molecule has 37 unspecified atom stereocenters. The highest BCUT2D eigenvalue weighted by Crippen LogP contribution is 2.71. The maximum absolute atomic E-state index is 12.5. The van der Waals surface area contributed by atoms with E-state index in [0.29, 0.717) is 43.4 Å². The molecule has 0 aromatic rings. The minimum Gasteiger partial charge on any atom is -0.394 e. The molecular formula is C57H96O28. The first kappa shape index (κ1) is 66.8. The number of hydrogen-bond donors (Lipinski definition) is 17. The molecule has 17 N–H and O–H groups in total. The Morgan fingerprint density at radius 1 is 0.494 bits per heavy atom. The number of ether oxygens (including phenoxy) is 11. The topological polar surface area (TPSA) is 445 Å². The zero-order valence-electron chi connectivity index (χ0n) is 48.8. The normalized spacial score (nSPS) is 55.8. The van der Waals surface area contributed by atoms with Crippen molar-refractivity contribution in [1.29, 1.82) is 0 Å². The Labute approximate surface area is 493 Å². The van der Waals surface area contributed by atoms with Crippen LogP contribution in [0.1, 0.15) is 98.8 Å². The van der Waals surface area contributed by atoms with E-state index in [1.54, 1.807) is 0 Å². The van der Waals surface area contributed by atoms with Crippen LogP contribution in [-0.2, 0) is 52.1 Å². The fourth-order valence-electron chi connectivity index (χ4n) is 17.0. The summed E-state index contributed by atoms with van der Waals surface area (Å²) in [6.07, 6.45) is -34.1. The van der Waals surface area contributed by atoms with Gasteiger partial charge in [-0.15, -0.1) is 0 Å². The molecule has 28 heteroatoms. The lowest BCUT2D eigenvalue weighted by molar-refractivity contribution is -0.395. The fraction of sp³-hybridized carbons (Fsp3) is 1.00. The molecule has 6 aliphatic heterocycles. The second-order valence-electron chi connectivity index (χ2n) is 27.1. The van der Waals surface area contributed by atoms with E-state index < -0.39 is 192 Å². The van der Waals surface area contributed by atoms with Crippen molar-refractivity contribution >= 4 is 0 Å². The van der Waals surface area contributed by atoms with Crippen LogP contribution < -0.4 is 0 Å². The summed E-state index contributed by atoms with van der Waals surface area (Å²) in [7, 11) is 0. The maximum Gasteiger partial charge on any atom is 0.187 e. The van der Waals surface area contributed by atoms with Gasteiger partial charge in [-0.05, 0) is 111 Å². The Kier molecular flexibility index (Phi) is 20.8. The Hall–Kier alpha value is -1.12. The fourth-order valence-corrected chi connectivity index (χ4v) is 17.0. The largest absolute Gasteiger partial charge is 0.394 e. The molecule has 6 heterocycles. The van der Waals surface area contributed by atoms with Crippen molar-refractivity contribution in [2.45, 2.75) is 270 Å². The molecule has 37 atom stereocenters. The van der Waals surface area contributed by atoms with Gasteiger partial charge in [0.2, 0.25) is 0 Å². The van der Waals surface area contributed by atoms with Crippen molar-refractivity contribution < 1.29 is 139 Å². The van der Waals surface area contributed by atoms with Gasteiger partial charge in [-0.25, -0.2) is 0 Å². The molecule has 0 aromatic heterocycles. The van der Waals surface area contributed by atoms with Crippen molar-refractivity contribution in [3.05, 3.63) is 0 Å². The van der Waals surface area contributed by atoms with Gasteiger partial charge in [0.25, 0.3) is 0 Å². The quantitative estimate of drug-likeness (QED) is 0.0571. The van der Waals surface area contributed by atoms with Crippen molar-refractivity contribution in [3.8, 4) is 0 Å². The Bertz CT molecular complexity index is 2170. The van der Waals surface area contributed by atoms with Crippen LogP contribution in [0.25, 0.3) is 0 Å².